The second kappa shape index (κ2) is 5.72. The Morgan fingerprint density at radius 1 is 1.32 bits per heavy atom. The van der Waals surface area contributed by atoms with Crippen LogP contribution in [-0.2, 0) is 7.05 Å². The molecule has 8 heteroatoms. The van der Waals surface area contributed by atoms with Gasteiger partial charge in [-0.3, -0.25) is 9.48 Å². The molecule has 0 radical (unpaired) electrons. The van der Waals surface area contributed by atoms with Gasteiger partial charge in [0, 0.05) is 26.1 Å². The van der Waals surface area contributed by atoms with Crippen LogP contribution in [0.1, 0.15) is 46.5 Å². The Kier molecular flexibility index (Phi) is 3.90. The first-order valence-electron chi connectivity index (χ1n) is 7.26. The quantitative estimate of drug-likeness (QED) is 0.845. The maximum atomic E-state index is 12.6. The number of aryl methyl sites for hydroxylation is 3. The molecule has 3 rings (SSSR count). The molecule has 0 aliphatic carbocycles. The minimum Gasteiger partial charge on any atom is -0.339 e. The third-order valence-electron chi connectivity index (χ3n) is 4.04. The standard InChI is InChI=1S/C14H18ClN5O2/c1-8-11(12(15)19(3)17-8)14(21)20-6-4-10(5-7-20)13-16-9(2)18-22-13/h10H,4-7H2,1-3H3. The number of carbonyl (C=O) groups excluding carboxylic acids is 1. The van der Waals surface area contributed by atoms with Crippen molar-refractivity contribution in [3.05, 3.63) is 28.1 Å². The molecule has 22 heavy (non-hydrogen) atoms. The van der Waals surface area contributed by atoms with Crippen LogP contribution in [0, 0.1) is 13.8 Å². The SMILES string of the molecule is Cc1noc(C2CCN(C(=O)c3c(C)nn(C)c3Cl)CC2)n1. The fourth-order valence-electron chi connectivity index (χ4n) is 2.84. The van der Waals surface area contributed by atoms with Gasteiger partial charge in [0.2, 0.25) is 5.89 Å². The van der Waals surface area contributed by atoms with Gasteiger partial charge in [0.1, 0.15) is 5.15 Å². The molecule has 1 amide bonds. The molecular formula is C14H18ClN5O2. The smallest absolute Gasteiger partial charge is 0.258 e. The van der Waals surface area contributed by atoms with Crippen molar-refractivity contribution in [1.29, 1.82) is 0 Å². The van der Waals surface area contributed by atoms with Crippen molar-refractivity contribution in [1.82, 2.24) is 24.8 Å². The van der Waals surface area contributed by atoms with Gasteiger partial charge in [-0.2, -0.15) is 10.1 Å². The fraction of sp³-hybridized carbons (Fsp3) is 0.571. The molecule has 118 valence electrons. The molecule has 0 unspecified atom stereocenters. The minimum absolute atomic E-state index is 0.0595. The molecule has 1 aliphatic heterocycles. The molecule has 1 aliphatic rings. The van der Waals surface area contributed by atoms with E-state index in [0.717, 1.165) is 12.8 Å². The summed E-state index contributed by atoms with van der Waals surface area (Å²) in [5.74, 6) is 1.47. The van der Waals surface area contributed by atoms with Crippen molar-refractivity contribution in [2.75, 3.05) is 13.1 Å². The summed E-state index contributed by atoms with van der Waals surface area (Å²) in [4.78, 5) is 18.7. The van der Waals surface area contributed by atoms with Crippen LogP contribution in [0.3, 0.4) is 0 Å². The first-order valence-corrected chi connectivity index (χ1v) is 7.63. The van der Waals surface area contributed by atoms with Crippen molar-refractivity contribution in [3.8, 4) is 0 Å². The van der Waals surface area contributed by atoms with Crippen LogP contribution in [0.25, 0.3) is 0 Å². The highest BCUT2D eigenvalue weighted by Crippen LogP contribution is 2.29. The highest BCUT2D eigenvalue weighted by atomic mass is 35.5. The van der Waals surface area contributed by atoms with E-state index in [1.54, 1.807) is 20.9 Å². The van der Waals surface area contributed by atoms with E-state index in [-0.39, 0.29) is 11.8 Å². The number of aromatic nitrogens is 4. The predicted octanol–water partition coefficient (Wildman–Crippen LogP) is 2.09. The van der Waals surface area contributed by atoms with Crippen molar-refractivity contribution in [2.24, 2.45) is 7.05 Å². The summed E-state index contributed by atoms with van der Waals surface area (Å²) in [6.45, 7) is 4.90. The maximum absolute atomic E-state index is 12.6. The van der Waals surface area contributed by atoms with Crippen LogP contribution in [0.2, 0.25) is 5.15 Å². The largest absolute Gasteiger partial charge is 0.339 e. The zero-order valence-corrected chi connectivity index (χ0v) is 13.6. The molecule has 7 nitrogen and oxygen atoms in total. The summed E-state index contributed by atoms with van der Waals surface area (Å²) in [6.07, 6.45) is 1.62. The van der Waals surface area contributed by atoms with Gasteiger partial charge in [-0.15, -0.1) is 0 Å². The number of amides is 1. The average molecular weight is 324 g/mol. The number of carbonyl (C=O) groups is 1. The Morgan fingerprint density at radius 3 is 2.50 bits per heavy atom. The van der Waals surface area contributed by atoms with Gasteiger partial charge in [0.25, 0.3) is 5.91 Å². The Morgan fingerprint density at radius 2 is 2.00 bits per heavy atom. The lowest BCUT2D eigenvalue weighted by Crippen LogP contribution is -2.38. The number of rotatable bonds is 2. The lowest BCUT2D eigenvalue weighted by Gasteiger charge is -2.30. The van der Waals surface area contributed by atoms with Gasteiger partial charge in [0.15, 0.2) is 5.82 Å². The van der Waals surface area contributed by atoms with Crippen molar-refractivity contribution in [3.63, 3.8) is 0 Å². The van der Waals surface area contributed by atoms with Crippen LogP contribution >= 0.6 is 11.6 Å². The summed E-state index contributed by atoms with van der Waals surface area (Å²) in [5.41, 5.74) is 1.16. The van der Waals surface area contributed by atoms with E-state index in [0.29, 0.717) is 41.2 Å². The van der Waals surface area contributed by atoms with E-state index in [2.05, 4.69) is 15.2 Å². The van der Waals surface area contributed by atoms with E-state index in [1.807, 2.05) is 4.90 Å². The van der Waals surface area contributed by atoms with E-state index >= 15 is 0 Å². The van der Waals surface area contributed by atoms with E-state index in [1.165, 1.54) is 4.68 Å². The van der Waals surface area contributed by atoms with Gasteiger partial charge < -0.3 is 9.42 Å². The van der Waals surface area contributed by atoms with E-state index in [4.69, 9.17) is 16.1 Å². The number of hydrogen-bond donors (Lipinski definition) is 0. The van der Waals surface area contributed by atoms with Crippen LogP contribution in [0.4, 0.5) is 0 Å². The fourth-order valence-corrected chi connectivity index (χ4v) is 3.09. The van der Waals surface area contributed by atoms with Crippen LogP contribution in [-0.4, -0.2) is 43.8 Å². The van der Waals surface area contributed by atoms with Crippen molar-refractivity contribution in [2.45, 2.75) is 32.6 Å². The average Bonchev–Trinajstić information content (AvgIpc) is 3.03. The summed E-state index contributed by atoms with van der Waals surface area (Å²) in [7, 11) is 1.73. The minimum atomic E-state index is -0.0595. The zero-order chi connectivity index (χ0) is 15.9. The Labute approximate surface area is 133 Å². The normalized spacial score (nSPS) is 16.3. The molecule has 0 bridgehead atoms. The number of likely N-dealkylation sites (tertiary alicyclic amines) is 1. The molecule has 1 fully saturated rings. The number of piperidine rings is 1. The lowest BCUT2D eigenvalue weighted by molar-refractivity contribution is 0.0704. The van der Waals surface area contributed by atoms with Crippen molar-refractivity contribution >= 4 is 17.5 Å². The lowest BCUT2D eigenvalue weighted by atomic mass is 9.96. The molecule has 2 aromatic heterocycles. The number of hydrogen-bond acceptors (Lipinski definition) is 5. The zero-order valence-electron chi connectivity index (χ0n) is 12.8. The topological polar surface area (TPSA) is 77.0 Å². The summed E-state index contributed by atoms with van der Waals surface area (Å²) in [5, 5.41) is 8.41. The Hall–Kier alpha value is -1.89. The molecule has 0 spiro atoms. The Balaban J connectivity index is 1.69. The first kappa shape index (κ1) is 15.0. The highest BCUT2D eigenvalue weighted by Gasteiger charge is 2.30. The van der Waals surface area contributed by atoms with Crippen LogP contribution in [0.5, 0.6) is 0 Å². The molecular weight excluding hydrogens is 306 g/mol. The van der Waals surface area contributed by atoms with Crippen molar-refractivity contribution < 1.29 is 9.32 Å². The van der Waals surface area contributed by atoms with E-state index in [9.17, 15) is 4.79 Å². The third-order valence-corrected chi connectivity index (χ3v) is 4.47. The summed E-state index contributed by atoms with van der Waals surface area (Å²) < 4.78 is 6.75. The molecule has 3 heterocycles. The molecule has 0 N–H and O–H groups in total. The van der Waals surface area contributed by atoms with Gasteiger partial charge in [-0.1, -0.05) is 16.8 Å². The molecule has 1 saturated heterocycles. The van der Waals surface area contributed by atoms with Gasteiger partial charge >= 0.3 is 0 Å². The number of nitrogens with zero attached hydrogens (tertiary/aromatic N) is 5. The van der Waals surface area contributed by atoms with Crippen LogP contribution in [0.15, 0.2) is 4.52 Å². The second-order valence-corrected chi connectivity index (χ2v) is 5.98. The van der Waals surface area contributed by atoms with Gasteiger partial charge in [-0.05, 0) is 26.7 Å². The molecule has 2 aromatic rings. The second-order valence-electron chi connectivity index (χ2n) is 5.62. The van der Waals surface area contributed by atoms with E-state index < -0.39 is 0 Å². The Bertz CT molecular complexity index is 700. The molecule has 0 aromatic carbocycles. The number of halogens is 1. The van der Waals surface area contributed by atoms with Crippen LogP contribution < -0.4 is 0 Å². The molecule has 0 atom stereocenters. The third kappa shape index (κ3) is 2.61. The molecule has 0 saturated carbocycles. The summed E-state index contributed by atoms with van der Waals surface area (Å²) >= 11 is 6.18. The summed E-state index contributed by atoms with van der Waals surface area (Å²) in [6, 6.07) is 0. The highest BCUT2D eigenvalue weighted by molar-refractivity contribution is 6.33. The monoisotopic (exact) mass is 323 g/mol. The predicted molar refractivity (Wildman–Crippen MR) is 79.9 cm³/mol. The van der Waals surface area contributed by atoms with Gasteiger partial charge in [-0.25, -0.2) is 0 Å². The van der Waals surface area contributed by atoms with Gasteiger partial charge in [0.05, 0.1) is 11.3 Å². The maximum Gasteiger partial charge on any atom is 0.258 e. The first-order chi connectivity index (χ1) is 10.5.